The molecule has 18 heavy (non-hydrogen) atoms. The van der Waals surface area contributed by atoms with Crippen molar-refractivity contribution in [2.75, 3.05) is 11.9 Å². The molecule has 0 aliphatic carbocycles. The molecule has 0 amide bonds. The van der Waals surface area contributed by atoms with Crippen molar-refractivity contribution in [2.45, 2.75) is 6.42 Å². The van der Waals surface area contributed by atoms with Gasteiger partial charge in [0.25, 0.3) is 0 Å². The van der Waals surface area contributed by atoms with E-state index < -0.39 is 0 Å². The number of anilines is 1. The van der Waals surface area contributed by atoms with E-state index in [1.165, 1.54) is 0 Å². The Labute approximate surface area is 113 Å². The summed E-state index contributed by atoms with van der Waals surface area (Å²) in [6.45, 7) is 0.866. The van der Waals surface area contributed by atoms with Gasteiger partial charge in [-0.05, 0) is 24.3 Å². The summed E-state index contributed by atoms with van der Waals surface area (Å²) in [4.78, 5) is 4.72. The molecule has 0 unspecified atom stereocenters. The van der Waals surface area contributed by atoms with Crippen LogP contribution in [0.5, 0.6) is 0 Å². The number of halogens is 1. The highest BCUT2D eigenvalue weighted by molar-refractivity contribution is 9.10. The summed E-state index contributed by atoms with van der Waals surface area (Å²) in [7, 11) is 0. The number of aromatic nitrogens is 2. The molecule has 0 fully saturated rings. The summed E-state index contributed by atoms with van der Waals surface area (Å²) >= 11 is 3.47. The van der Waals surface area contributed by atoms with Gasteiger partial charge in [0.2, 0.25) is 0 Å². The Morgan fingerprint density at radius 1 is 1.17 bits per heavy atom. The van der Waals surface area contributed by atoms with Crippen molar-refractivity contribution in [2.24, 2.45) is 4.99 Å². The number of aliphatic imine (C=N–C) groups is 1. The van der Waals surface area contributed by atoms with Crippen LogP contribution in [-0.2, 0) is 0 Å². The molecule has 1 N–H and O–H groups in total. The van der Waals surface area contributed by atoms with Gasteiger partial charge in [0.1, 0.15) is 0 Å². The standard InChI is InChI=1S/C13H11BrN4/c14-10-1-2-12-13(7-10)15-5-4-11(18-12)9-3-6-16-17-8-9/h1-3,6-8,15H,4-5H2. The Morgan fingerprint density at radius 2 is 2.11 bits per heavy atom. The van der Waals surface area contributed by atoms with Crippen LogP contribution in [0.25, 0.3) is 0 Å². The maximum Gasteiger partial charge on any atom is 0.0865 e. The van der Waals surface area contributed by atoms with Crippen LogP contribution in [0, 0.1) is 0 Å². The second-order valence-corrected chi connectivity index (χ2v) is 4.94. The van der Waals surface area contributed by atoms with Crippen molar-refractivity contribution in [1.82, 2.24) is 10.2 Å². The number of hydrogen-bond donors (Lipinski definition) is 1. The van der Waals surface area contributed by atoms with Crippen molar-refractivity contribution >= 4 is 33.0 Å². The molecule has 1 aliphatic rings. The van der Waals surface area contributed by atoms with Gasteiger partial charge in [0, 0.05) is 23.0 Å². The lowest BCUT2D eigenvalue weighted by Gasteiger charge is -2.04. The summed E-state index contributed by atoms with van der Waals surface area (Å²) in [6.07, 6.45) is 4.32. The van der Waals surface area contributed by atoms with Gasteiger partial charge in [-0.15, -0.1) is 0 Å². The molecule has 0 radical (unpaired) electrons. The van der Waals surface area contributed by atoms with E-state index in [1.54, 1.807) is 12.4 Å². The highest BCUT2D eigenvalue weighted by Crippen LogP contribution is 2.31. The highest BCUT2D eigenvalue weighted by atomic mass is 79.9. The number of hydrogen-bond acceptors (Lipinski definition) is 4. The Kier molecular flexibility index (Phi) is 3.06. The summed E-state index contributed by atoms with van der Waals surface area (Å²) in [5.41, 5.74) is 4.09. The Bertz CT molecular complexity index is 595. The first-order chi connectivity index (χ1) is 8.83. The molecule has 0 atom stereocenters. The van der Waals surface area contributed by atoms with Gasteiger partial charge in [0.15, 0.2) is 0 Å². The van der Waals surface area contributed by atoms with Crippen LogP contribution in [0.15, 0.2) is 46.1 Å². The van der Waals surface area contributed by atoms with Crippen molar-refractivity contribution in [1.29, 1.82) is 0 Å². The van der Waals surface area contributed by atoms with Crippen LogP contribution in [0.2, 0.25) is 0 Å². The quantitative estimate of drug-likeness (QED) is 0.880. The van der Waals surface area contributed by atoms with Gasteiger partial charge in [-0.25, -0.2) is 0 Å². The van der Waals surface area contributed by atoms with Crippen LogP contribution in [-0.4, -0.2) is 22.5 Å². The minimum atomic E-state index is 0.866. The van der Waals surface area contributed by atoms with E-state index in [1.807, 2.05) is 24.3 Å². The molecule has 2 aromatic rings. The fraction of sp³-hybridized carbons (Fsp3) is 0.154. The highest BCUT2D eigenvalue weighted by Gasteiger charge is 2.11. The first-order valence-electron chi connectivity index (χ1n) is 5.71. The zero-order chi connectivity index (χ0) is 12.4. The van der Waals surface area contributed by atoms with E-state index in [9.17, 15) is 0 Å². The first-order valence-corrected chi connectivity index (χ1v) is 6.50. The van der Waals surface area contributed by atoms with E-state index in [0.717, 1.165) is 40.1 Å². The first kappa shape index (κ1) is 11.3. The van der Waals surface area contributed by atoms with Crippen molar-refractivity contribution in [3.05, 3.63) is 46.7 Å². The van der Waals surface area contributed by atoms with E-state index in [-0.39, 0.29) is 0 Å². The largest absolute Gasteiger partial charge is 0.383 e. The average Bonchev–Trinajstić information content (AvgIpc) is 2.61. The van der Waals surface area contributed by atoms with Crippen LogP contribution in [0.4, 0.5) is 11.4 Å². The maximum absolute atomic E-state index is 4.72. The minimum Gasteiger partial charge on any atom is -0.383 e. The van der Waals surface area contributed by atoms with Crippen LogP contribution in [0.1, 0.15) is 12.0 Å². The maximum atomic E-state index is 4.72. The second-order valence-electron chi connectivity index (χ2n) is 4.03. The third kappa shape index (κ3) is 2.26. The molecule has 4 nitrogen and oxygen atoms in total. The lowest BCUT2D eigenvalue weighted by atomic mass is 10.1. The average molecular weight is 303 g/mol. The monoisotopic (exact) mass is 302 g/mol. The van der Waals surface area contributed by atoms with Gasteiger partial charge < -0.3 is 5.32 Å². The fourth-order valence-electron chi connectivity index (χ4n) is 1.93. The Hall–Kier alpha value is -1.75. The predicted molar refractivity (Wildman–Crippen MR) is 75.5 cm³/mol. The minimum absolute atomic E-state index is 0.866. The molecule has 0 saturated carbocycles. The molecule has 0 bridgehead atoms. The van der Waals surface area contributed by atoms with Gasteiger partial charge in [-0.3, -0.25) is 4.99 Å². The van der Waals surface area contributed by atoms with E-state index in [4.69, 9.17) is 4.99 Å². The van der Waals surface area contributed by atoms with E-state index >= 15 is 0 Å². The molecule has 0 saturated heterocycles. The summed E-state index contributed by atoms with van der Waals surface area (Å²) in [5.74, 6) is 0. The number of rotatable bonds is 1. The number of benzene rings is 1. The van der Waals surface area contributed by atoms with Crippen LogP contribution >= 0.6 is 15.9 Å². The molecule has 1 aliphatic heterocycles. The van der Waals surface area contributed by atoms with Gasteiger partial charge in [0.05, 0.1) is 29.5 Å². The zero-order valence-corrected chi connectivity index (χ0v) is 11.2. The number of fused-ring (bicyclic) bond motifs is 1. The summed E-state index contributed by atoms with van der Waals surface area (Å²) in [6, 6.07) is 7.99. The molecule has 2 heterocycles. The zero-order valence-electron chi connectivity index (χ0n) is 9.60. The Balaban J connectivity index is 2.05. The molecular weight excluding hydrogens is 292 g/mol. The third-order valence-corrected chi connectivity index (χ3v) is 3.30. The van der Waals surface area contributed by atoms with Gasteiger partial charge >= 0.3 is 0 Å². The smallest absolute Gasteiger partial charge is 0.0865 e. The van der Waals surface area contributed by atoms with Crippen molar-refractivity contribution in [3.8, 4) is 0 Å². The van der Waals surface area contributed by atoms with E-state index in [2.05, 4.69) is 31.4 Å². The Morgan fingerprint density at radius 3 is 2.94 bits per heavy atom. The lowest BCUT2D eigenvalue weighted by molar-refractivity contribution is 1.02. The fourth-order valence-corrected chi connectivity index (χ4v) is 2.30. The van der Waals surface area contributed by atoms with Gasteiger partial charge in [-0.2, -0.15) is 10.2 Å². The molecule has 3 rings (SSSR count). The molecule has 90 valence electrons. The van der Waals surface area contributed by atoms with E-state index in [0.29, 0.717) is 0 Å². The molecule has 5 heteroatoms. The topological polar surface area (TPSA) is 50.2 Å². The summed E-state index contributed by atoms with van der Waals surface area (Å²) < 4.78 is 1.05. The molecule has 0 spiro atoms. The lowest BCUT2D eigenvalue weighted by Crippen LogP contribution is -2.07. The SMILES string of the molecule is Brc1ccc2c(c1)NCCC(c1ccnnc1)=N2. The molecule has 1 aromatic carbocycles. The molecular formula is C13H11BrN4. The van der Waals surface area contributed by atoms with Crippen LogP contribution in [0.3, 0.4) is 0 Å². The number of nitrogens with zero attached hydrogens (tertiary/aromatic N) is 3. The summed E-state index contributed by atoms with van der Waals surface area (Å²) in [5, 5.41) is 11.1. The van der Waals surface area contributed by atoms with Crippen molar-refractivity contribution < 1.29 is 0 Å². The third-order valence-electron chi connectivity index (χ3n) is 2.81. The predicted octanol–water partition coefficient (Wildman–Crippen LogP) is 3.18. The van der Waals surface area contributed by atoms with Crippen LogP contribution < -0.4 is 5.32 Å². The van der Waals surface area contributed by atoms with Crippen molar-refractivity contribution in [3.63, 3.8) is 0 Å². The second kappa shape index (κ2) is 4.86. The number of nitrogens with one attached hydrogen (secondary N) is 1. The normalized spacial score (nSPS) is 14.2. The molecule has 1 aromatic heterocycles. The van der Waals surface area contributed by atoms with Gasteiger partial charge in [-0.1, -0.05) is 15.9 Å².